The summed E-state index contributed by atoms with van der Waals surface area (Å²) >= 11 is 0. The van der Waals surface area contributed by atoms with Crippen LogP contribution in [0.1, 0.15) is 345 Å². The Kier molecular flexibility index (Phi) is 60.5. The van der Waals surface area contributed by atoms with Gasteiger partial charge < -0.3 is 91.3 Å². The van der Waals surface area contributed by atoms with Crippen LogP contribution in [0.3, 0.4) is 0 Å². The molecule has 0 spiro atoms. The fraction of sp³-hybridized carbons (Fsp3) is 0.746. The van der Waals surface area contributed by atoms with Crippen molar-refractivity contribution < 1.29 is 133 Å². The smallest absolute Gasteiger partial charge is 0.306 e. The van der Waals surface area contributed by atoms with Crippen molar-refractivity contribution in [1.29, 1.82) is 0 Å². The molecule has 0 radical (unpaired) electrons. The van der Waals surface area contributed by atoms with Gasteiger partial charge in [-0.3, -0.25) is 57.5 Å². The van der Waals surface area contributed by atoms with Gasteiger partial charge in [-0.1, -0.05) is 182 Å². The molecular weight excluding hydrogens is 1910 g/mol. The molecule has 4 aliphatic heterocycles. The molecule has 17 unspecified atom stereocenters. The van der Waals surface area contributed by atoms with Crippen molar-refractivity contribution >= 4 is 70.5 Å². The van der Waals surface area contributed by atoms with E-state index in [1.165, 1.54) is 20.8 Å². The van der Waals surface area contributed by atoms with Gasteiger partial charge in [-0.15, -0.1) is 0 Å². The van der Waals surface area contributed by atoms with E-state index in [9.17, 15) is 57.5 Å². The molecule has 31 heteroatoms. The molecule has 0 saturated carbocycles. The van der Waals surface area contributed by atoms with Crippen molar-refractivity contribution in [3.05, 3.63) is 95.6 Å². The van der Waals surface area contributed by atoms with Crippen LogP contribution in [0.5, 0.6) is 11.5 Å². The highest BCUT2D eigenvalue weighted by Gasteiger charge is 2.47. The van der Waals surface area contributed by atoms with E-state index in [1.54, 1.807) is 14.2 Å². The number of rotatable bonds is 79. The van der Waals surface area contributed by atoms with Gasteiger partial charge in [0.2, 0.25) is 17.7 Å². The first kappa shape index (κ1) is 127. The number of nitrogens with one attached hydrogen (secondary N) is 2. The topological polar surface area (TPSA) is 380 Å². The molecule has 4 saturated heterocycles. The Morgan fingerprint density at radius 2 is 0.765 bits per heavy atom. The van der Waals surface area contributed by atoms with E-state index < -0.39 is 42.0 Å². The average molecular weight is 2090 g/mol. The quantitative estimate of drug-likeness (QED) is 0.0229. The Labute approximate surface area is 889 Å². The van der Waals surface area contributed by atoms with Crippen LogP contribution in [-0.2, 0) is 129 Å². The van der Waals surface area contributed by atoms with Gasteiger partial charge in [-0.2, -0.15) is 0 Å². The van der Waals surface area contributed by atoms with Gasteiger partial charge in [0.25, 0.3) is 0 Å². The Hall–Kier alpha value is -8.50. The van der Waals surface area contributed by atoms with Crippen molar-refractivity contribution in [1.82, 2.24) is 15.5 Å². The Morgan fingerprint density at radius 3 is 1.20 bits per heavy atom. The number of carbonyl (C=O) groups excluding carboxylic acids is 12. The maximum Gasteiger partial charge on any atom is 0.306 e. The molecule has 4 aliphatic rings. The molecule has 7 rings (SSSR count). The van der Waals surface area contributed by atoms with Crippen LogP contribution in [0.4, 0.5) is 0 Å². The highest BCUT2D eigenvalue weighted by molar-refractivity contribution is 5.81. The molecule has 4 fully saturated rings. The van der Waals surface area contributed by atoms with Gasteiger partial charge in [-0.25, -0.2) is 0 Å². The first-order chi connectivity index (χ1) is 71.6. The molecule has 3 amide bonds. The van der Waals surface area contributed by atoms with E-state index in [0.29, 0.717) is 204 Å². The van der Waals surface area contributed by atoms with E-state index >= 15 is 0 Å². The second-order valence-electron chi connectivity index (χ2n) is 42.8. The molecule has 19 atom stereocenters. The van der Waals surface area contributed by atoms with Gasteiger partial charge in [0, 0.05) is 167 Å². The number of ketones is 5. The number of Topliss-reactive ketones (excluding diaryl/α,β-unsaturated/α-hetero) is 5. The number of unbranched alkanes of at least 4 members (excludes halogenated alkanes) is 13. The second-order valence-corrected chi connectivity index (χ2v) is 42.8. The lowest BCUT2D eigenvalue weighted by atomic mass is 9.79. The van der Waals surface area contributed by atoms with Gasteiger partial charge in [0.15, 0.2) is 18.9 Å². The molecule has 3 aromatic rings. The van der Waals surface area contributed by atoms with Crippen LogP contribution in [0, 0.1) is 64.6 Å². The summed E-state index contributed by atoms with van der Waals surface area (Å²) in [6, 6.07) is 25.2. The maximum absolute atomic E-state index is 14.6. The van der Waals surface area contributed by atoms with Gasteiger partial charge in [0.1, 0.15) is 71.9 Å². The van der Waals surface area contributed by atoms with Gasteiger partial charge >= 0.3 is 23.9 Å². The predicted octanol–water partition coefficient (Wildman–Crippen LogP) is 19.6. The number of amides is 3. The monoisotopic (exact) mass is 2090 g/mol. The van der Waals surface area contributed by atoms with Crippen LogP contribution >= 0.6 is 0 Å². The molecule has 149 heavy (non-hydrogen) atoms. The third kappa shape index (κ3) is 46.8. The lowest BCUT2D eigenvalue weighted by Crippen LogP contribution is -2.48. The molecular formula is C118H185N3O28. The van der Waals surface area contributed by atoms with Gasteiger partial charge in [-0.05, 0) is 166 Å². The SMILES string of the molecule is CCCC(=O)O[C@@H]1C[C@@H](COC(c2ccccc2)(c2ccc(OC)cc2)c2ccc(OC)cc2)N(C(=O)CCCCCCCCCCC(=O)CC(COCCC(=O)CCCCCC(=O)CCCCOC2OC(COC(C)=O)C(C)C(C)C2C)(COCCC(=O)CCCCCC(=O)CC(C)CCOC2OC(COC(C)=O)C(C)C(C)C2C)COCCC(=O)NCCCNC(=O)CCCCOC2OC(COC(C)=O)C(C)C(C)C2C)C1. The fourth-order valence-electron chi connectivity index (χ4n) is 20.3. The lowest BCUT2D eigenvalue weighted by Gasteiger charge is -2.43. The van der Waals surface area contributed by atoms with E-state index in [0.717, 1.165) is 55.2 Å². The first-order valence-electron chi connectivity index (χ1n) is 56.1. The van der Waals surface area contributed by atoms with Crippen LogP contribution in [0.2, 0.25) is 0 Å². The normalized spacial score (nSPS) is 23.0. The second kappa shape index (κ2) is 70.7. The highest BCUT2D eigenvalue weighted by atomic mass is 16.7. The number of nitrogens with zero attached hydrogens (tertiary/aromatic N) is 1. The fourth-order valence-corrected chi connectivity index (χ4v) is 20.3. The van der Waals surface area contributed by atoms with E-state index in [4.69, 9.17) is 75.8 Å². The summed E-state index contributed by atoms with van der Waals surface area (Å²) < 4.78 is 96.8. The molecule has 3 aromatic carbocycles. The zero-order valence-electron chi connectivity index (χ0n) is 93.0. The molecule has 0 aliphatic carbocycles. The lowest BCUT2D eigenvalue weighted by molar-refractivity contribution is -0.256. The summed E-state index contributed by atoms with van der Waals surface area (Å²) in [4.78, 5) is 158. The molecule has 0 bridgehead atoms. The summed E-state index contributed by atoms with van der Waals surface area (Å²) in [6.45, 7) is 30.0. The standard InChI is InChI=1S/C118H185N3O28/c1-17-40-113(133)146-106-72-98(75-145-118(95-41-27-24-28-42-95,96-51-55-104(134-15)56-52-96)97-53-57-105(135-16)58-54-97)121(74-106)112(132)50-34-23-21-19-18-20-22-29-48-103(129)73-117(79-136-67-60-100(126)44-31-25-30-43-99(125)46-35-37-65-139-114-89(9)83(3)86(6)107(147-114)76-142-92(12)122,81-138-69-62-111(131)120-64-39-63-119-110(130)49-36-38-66-140-115-90(10)84(4)87(7)108(148-115)77-143-93(13)123)80-137-68-61-101(127)45-32-26-33-47-102(128)71-82(2)59-70-141-116-91(11)85(5)88(8)109(149-116)78-144-94(14)124/h24,27-28,41-42,51-58,82-91,98,106-109,114-116H,17-23,25-26,29-40,43-50,59-81H2,1-16H3,(H,119,130)(H,120,131)/t82?,83?,84?,85?,86?,87?,88?,89?,90?,91?,98-,106+,107?,108?,109?,114?,115?,116?,117?/m0/s1. The zero-order chi connectivity index (χ0) is 108. The van der Waals surface area contributed by atoms with Crippen LogP contribution in [-0.4, -0.2) is 244 Å². The molecule has 2 N–H and O–H groups in total. The number of hydrogen-bond acceptors (Lipinski definition) is 28. The molecule has 840 valence electrons. The number of carbonyl (C=O) groups is 12. The van der Waals surface area contributed by atoms with Crippen LogP contribution in [0.15, 0.2) is 78.9 Å². The number of ether oxygens (including phenoxy) is 16. The van der Waals surface area contributed by atoms with Crippen molar-refractivity contribution in [2.45, 2.75) is 383 Å². The number of methoxy groups -OCH3 is 2. The molecule has 0 aromatic heterocycles. The Bertz CT molecular complexity index is 4250. The minimum absolute atomic E-state index is 0.00379. The van der Waals surface area contributed by atoms with Crippen LogP contribution < -0.4 is 20.1 Å². The zero-order valence-corrected chi connectivity index (χ0v) is 93.0. The minimum atomic E-state index is -1.13. The van der Waals surface area contributed by atoms with Crippen molar-refractivity contribution in [2.24, 2.45) is 64.6 Å². The first-order valence-corrected chi connectivity index (χ1v) is 56.1. The van der Waals surface area contributed by atoms with E-state index in [1.807, 2.05) is 97.6 Å². The molecule has 4 heterocycles. The van der Waals surface area contributed by atoms with E-state index in [-0.39, 0.29) is 253 Å². The predicted molar refractivity (Wildman–Crippen MR) is 567 cm³/mol. The largest absolute Gasteiger partial charge is 0.497 e. The average Bonchev–Trinajstić information content (AvgIpc) is 1.31. The van der Waals surface area contributed by atoms with E-state index in [2.05, 4.69) is 72.9 Å². The highest BCUT2D eigenvalue weighted by Crippen LogP contribution is 2.45. The van der Waals surface area contributed by atoms with Gasteiger partial charge in [0.05, 0.1) is 98.0 Å². The maximum atomic E-state index is 14.6. The summed E-state index contributed by atoms with van der Waals surface area (Å²) in [6.07, 6.45) is 16.3. The van der Waals surface area contributed by atoms with Crippen molar-refractivity contribution in [3.8, 4) is 11.5 Å². The van der Waals surface area contributed by atoms with Crippen molar-refractivity contribution in [3.63, 3.8) is 0 Å². The third-order valence-electron chi connectivity index (χ3n) is 30.8. The Morgan fingerprint density at radius 1 is 0.389 bits per heavy atom. The molecule has 31 nitrogen and oxygen atoms in total. The minimum Gasteiger partial charge on any atom is -0.497 e. The van der Waals surface area contributed by atoms with Crippen molar-refractivity contribution in [2.75, 3.05) is 120 Å². The number of benzene rings is 3. The summed E-state index contributed by atoms with van der Waals surface area (Å²) in [5.41, 5.74) is 0.373. The summed E-state index contributed by atoms with van der Waals surface area (Å²) in [5.74, 6) is 1.78. The Balaban J connectivity index is 0.927. The van der Waals surface area contributed by atoms with Crippen LogP contribution in [0.25, 0.3) is 0 Å². The number of esters is 4. The summed E-state index contributed by atoms with van der Waals surface area (Å²) in [7, 11) is 3.25. The number of hydrogen-bond donors (Lipinski definition) is 2. The summed E-state index contributed by atoms with van der Waals surface area (Å²) in [5, 5.41) is 5.87. The third-order valence-corrected chi connectivity index (χ3v) is 30.8. The number of likely N-dealkylation sites (tertiary alicyclic amines) is 1.